The molecule has 0 atom stereocenters. The highest BCUT2D eigenvalue weighted by Crippen LogP contribution is 2.26. The van der Waals surface area contributed by atoms with Crippen LogP contribution in [0.1, 0.15) is 5.56 Å². The Kier molecular flexibility index (Phi) is 2.56. The third-order valence-corrected chi connectivity index (χ3v) is 3.10. The minimum atomic E-state index is -0.284. The monoisotopic (exact) mass is 260 g/mol. The summed E-state index contributed by atoms with van der Waals surface area (Å²) in [6, 6.07) is 10.2. The zero-order chi connectivity index (χ0) is 12.7. The van der Waals surface area contributed by atoms with E-state index in [4.69, 9.17) is 11.6 Å². The largest absolute Gasteiger partial charge is 0.298 e. The number of imidazole rings is 1. The fourth-order valence-electron chi connectivity index (χ4n) is 1.99. The van der Waals surface area contributed by atoms with Gasteiger partial charge in [-0.3, -0.25) is 4.40 Å². The molecule has 0 aliphatic rings. The Morgan fingerprint density at radius 1 is 1.22 bits per heavy atom. The first-order valence-electron chi connectivity index (χ1n) is 5.55. The molecule has 3 aromatic rings. The maximum absolute atomic E-state index is 13.3. The second-order valence-corrected chi connectivity index (χ2v) is 4.56. The summed E-state index contributed by atoms with van der Waals surface area (Å²) in [5.74, 6) is 0.367. The topological polar surface area (TPSA) is 17.3 Å². The molecule has 0 unspecified atom stereocenters. The molecule has 0 spiro atoms. The number of aromatic nitrogens is 2. The SMILES string of the molecule is Cc1ccc2c(Cl)nc(-c3cccc(F)c3)n2c1. The van der Waals surface area contributed by atoms with E-state index in [1.54, 1.807) is 6.07 Å². The van der Waals surface area contributed by atoms with Crippen LogP contribution in [0, 0.1) is 12.7 Å². The number of nitrogens with zero attached hydrogens (tertiary/aromatic N) is 2. The van der Waals surface area contributed by atoms with Crippen molar-refractivity contribution in [2.24, 2.45) is 0 Å². The summed E-state index contributed by atoms with van der Waals surface area (Å²) in [5.41, 5.74) is 2.62. The third kappa shape index (κ3) is 1.77. The molecule has 2 nitrogen and oxygen atoms in total. The maximum atomic E-state index is 13.3. The van der Waals surface area contributed by atoms with Gasteiger partial charge in [0.15, 0.2) is 5.15 Å². The van der Waals surface area contributed by atoms with Gasteiger partial charge in [0.1, 0.15) is 11.6 Å². The van der Waals surface area contributed by atoms with Crippen molar-refractivity contribution < 1.29 is 4.39 Å². The van der Waals surface area contributed by atoms with E-state index in [-0.39, 0.29) is 5.82 Å². The third-order valence-electron chi connectivity index (χ3n) is 2.82. The quantitative estimate of drug-likeness (QED) is 0.644. The predicted molar refractivity (Wildman–Crippen MR) is 70.3 cm³/mol. The average molecular weight is 261 g/mol. The summed E-state index contributed by atoms with van der Waals surface area (Å²) in [5, 5.41) is 0.425. The Hall–Kier alpha value is -1.87. The van der Waals surface area contributed by atoms with E-state index in [9.17, 15) is 4.39 Å². The number of aryl methyl sites for hydroxylation is 1. The second kappa shape index (κ2) is 4.10. The standard InChI is InChI=1S/C14H10ClFN2/c1-9-5-6-12-13(15)17-14(18(12)8-9)10-3-2-4-11(16)7-10/h2-8H,1H3. The van der Waals surface area contributed by atoms with Crippen LogP contribution in [0.4, 0.5) is 4.39 Å². The second-order valence-electron chi connectivity index (χ2n) is 4.20. The van der Waals surface area contributed by atoms with Crippen LogP contribution in [0.5, 0.6) is 0 Å². The lowest BCUT2D eigenvalue weighted by atomic mass is 10.2. The molecule has 0 aliphatic carbocycles. The van der Waals surface area contributed by atoms with Gasteiger partial charge in [-0.1, -0.05) is 29.8 Å². The Balaban J connectivity index is 2.32. The van der Waals surface area contributed by atoms with Crippen molar-refractivity contribution in [1.29, 1.82) is 0 Å². The lowest BCUT2D eigenvalue weighted by molar-refractivity contribution is 0.628. The molecule has 0 aliphatic heterocycles. The number of pyridine rings is 1. The van der Waals surface area contributed by atoms with E-state index < -0.39 is 0 Å². The number of benzene rings is 1. The molecule has 0 amide bonds. The molecule has 0 N–H and O–H groups in total. The van der Waals surface area contributed by atoms with Gasteiger partial charge < -0.3 is 0 Å². The molecule has 0 radical (unpaired) electrons. The minimum absolute atomic E-state index is 0.284. The Morgan fingerprint density at radius 3 is 2.83 bits per heavy atom. The molecule has 18 heavy (non-hydrogen) atoms. The van der Waals surface area contributed by atoms with Crippen molar-refractivity contribution in [1.82, 2.24) is 9.38 Å². The summed E-state index contributed by atoms with van der Waals surface area (Å²) < 4.78 is 15.2. The predicted octanol–water partition coefficient (Wildman–Crippen LogP) is 4.10. The number of rotatable bonds is 1. The maximum Gasteiger partial charge on any atom is 0.155 e. The Bertz CT molecular complexity index is 734. The molecular formula is C14H10ClFN2. The highest BCUT2D eigenvalue weighted by Gasteiger charge is 2.11. The van der Waals surface area contributed by atoms with E-state index >= 15 is 0 Å². The van der Waals surface area contributed by atoms with Gasteiger partial charge in [-0.25, -0.2) is 9.37 Å². The molecule has 0 saturated carbocycles. The van der Waals surface area contributed by atoms with Gasteiger partial charge in [-0.15, -0.1) is 0 Å². The van der Waals surface area contributed by atoms with Crippen molar-refractivity contribution in [3.63, 3.8) is 0 Å². The van der Waals surface area contributed by atoms with Crippen molar-refractivity contribution in [3.8, 4) is 11.4 Å². The van der Waals surface area contributed by atoms with Crippen LogP contribution >= 0.6 is 11.6 Å². The normalized spacial score (nSPS) is 11.1. The zero-order valence-corrected chi connectivity index (χ0v) is 10.4. The first-order valence-corrected chi connectivity index (χ1v) is 5.93. The molecule has 4 heteroatoms. The van der Waals surface area contributed by atoms with Crippen LogP contribution in [0.2, 0.25) is 5.15 Å². The molecule has 0 fully saturated rings. The molecule has 90 valence electrons. The van der Waals surface area contributed by atoms with Crippen LogP contribution < -0.4 is 0 Å². The zero-order valence-electron chi connectivity index (χ0n) is 9.69. The highest BCUT2D eigenvalue weighted by atomic mass is 35.5. The number of hydrogen-bond acceptors (Lipinski definition) is 1. The van der Waals surface area contributed by atoms with E-state index in [0.29, 0.717) is 16.5 Å². The fourth-order valence-corrected chi connectivity index (χ4v) is 2.22. The van der Waals surface area contributed by atoms with Crippen molar-refractivity contribution in [2.45, 2.75) is 6.92 Å². The van der Waals surface area contributed by atoms with Gasteiger partial charge >= 0.3 is 0 Å². The fraction of sp³-hybridized carbons (Fsp3) is 0.0714. The van der Waals surface area contributed by atoms with Gasteiger partial charge in [-0.2, -0.15) is 0 Å². The van der Waals surface area contributed by atoms with Gasteiger partial charge in [0.05, 0.1) is 5.52 Å². The Labute approximate surface area is 109 Å². The molecule has 2 aromatic heterocycles. The van der Waals surface area contributed by atoms with Crippen LogP contribution in [-0.2, 0) is 0 Å². The highest BCUT2D eigenvalue weighted by molar-refractivity contribution is 6.32. The summed E-state index contributed by atoms with van der Waals surface area (Å²) in [6.45, 7) is 1.99. The van der Waals surface area contributed by atoms with Gasteiger partial charge in [0, 0.05) is 11.8 Å². The summed E-state index contributed by atoms with van der Waals surface area (Å²) in [7, 11) is 0. The van der Waals surface area contributed by atoms with Crippen molar-refractivity contribution in [2.75, 3.05) is 0 Å². The van der Waals surface area contributed by atoms with E-state index in [0.717, 1.165) is 11.1 Å². The summed E-state index contributed by atoms with van der Waals surface area (Å²) >= 11 is 6.09. The van der Waals surface area contributed by atoms with Crippen LogP contribution in [0.15, 0.2) is 42.6 Å². The number of fused-ring (bicyclic) bond motifs is 1. The average Bonchev–Trinajstić information content (AvgIpc) is 2.66. The Morgan fingerprint density at radius 2 is 2.06 bits per heavy atom. The van der Waals surface area contributed by atoms with Crippen molar-refractivity contribution in [3.05, 3.63) is 59.1 Å². The minimum Gasteiger partial charge on any atom is -0.298 e. The number of halogens is 2. The molecular weight excluding hydrogens is 251 g/mol. The lowest BCUT2D eigenvalue weighted by Crippen LogP contribution is -1.90. The first-order chi connectivity index (χ1) is 8.65. The summed E-state index contributed by atoms with van der Waals surface area (Å²) in [6.07, 6.45) is 1.94. The van der Waals surface area contributed by atoms with E-state index in [1.165, 1.54) is 12.1 Å². The number of hydrogen-bond donors (Lipinski definition) is 0. The molecule has 2 heterocycles. The molecule has 0 saturated heterocycles. The van der Waals surface area contributed by atoms with E-state index in [1.807, 2.05) is 35.7 Å². The van der Waals surface area contributed by atoms with Crippen LogP contribution in [0.25, 0.3) is 16.9 Å². The van der Waals surface area contributed by atoms with Crippen LogP contribution in [0.3, 0.4) is 0 Å². The van der Waals surface area contributed by atoms with Crippen LogP contribution in [-0.4, -0.2) is 9.38 Å². The van der Waals surface area contributed by atoms with Gasteiger partial charge in [0.25, 0.3) is 0 Å². The molecule has 3 rings (SSSR count). The summed E-state index contributed by atoms with van der Waals surface area (Å²) in [4.78, 5) is 4.30. The van der Waals surface area contributed by atoms with Crippen molar-refractivity contribution >= 4 is 17.1 Å². The van der Waals surface area contributed by atoms with Gasteiger partial charge in [-0.05, 0) is 30.7 Å². The first kappa shape index (κ1) is 11.2. The molecule has 0 bridgehead atoms. The van der Waals surface area contributed by atoms with E-state index in [2.05, 4.69) is 4.98 Å². The molecule has 1 aromatic carbocycles. The van der Waals surface area contributed by atoms with Gasteiger partial charge in [0.2, 0.25) is 0 Å². The lowest BCUT2D eigenvalue weighted by Gasteiger charge is -2.02. The smallest absolute Gasteiger partial charge is 0.155 e.